The van der Waals surface area contributed by atoms with Crippen LogP contribution in [0.15, 0.2) is 42.5 Å². The van der Waals surface area contributed by atoms with E-state index in [0.717, 1.165) is 61.0 Å². The van der Waals surface area contributed by atoms with Gasteiger partial charge < -0.3 is 19.4 Å². The lowest BCUT2D eigenvalue weighted by Gasteiger charge is -2.34. The van der Waals surface area contributed by atoms with Crippen molar-refractivity contribution in [2.24, 2.45) is 7.05 Å². The Labute approximate surface area is 181 Å². The van der Waals surface area contributed by atoms with Crippen LogP contribution < -0.4 is 14.8 Å². The number of benzene rings is 2. The number of carbonyl (C=O) groups is 1. The highest BCUT2D eigenvalue weighted by Crippen LogP contribution is 2.32. The van der Waals surface area contributed by atoms with Gasteiger partial charge in [0.2, 0.25) is 5.91 Å². The third-order valence-electron chi connectivity index (χ3n) is 5.90. The monoisotopic (exact) mass is 421 g/mol. The number of aromatic nitrogens is 2. The lowest BCUT2D eigenvalue weighted by atomic mass is 10.2. The number of aryl methyl sites for hydroxylation is 1. The molecule has 0 saturated carbocycles. The highest BCUT2D eigenvalue weighted by molar-refractivity contribution is 5.92. The topological polar surface area (TPSA) is 71.9 Å². The molecule has 1 amide bonds. The maximum absolute atomic E-state index is 12.5. The molecule has 2 aliphatic rings. The molecule has 0 bridgehead atoms. The van der Waals surface area contributed by atoms with E-state index in [1.54, 1.807) is 0 Å². The van der Waals surface area contributed by atoms with Crippen molar-refractivity contribution >= 4 is 22.6 Å². The number of ether oxygens (including phenoxy) is 2. The summed E-state index contributed by atoms with van der Waals surface area (Å²) in [7, 11) is 2.07. The maximum atomic E-state index is 12.5. The zero-order chi connectivity index (χ0) is 21.2. The van der Waals surface area contributed by atoms with Crippen LogP contribution in [0.1, 0.15) is 5.82 Å². The number of para-hydroxylation sites is 2. The first-order valence-corrected chi connectivity index (χ1v) is 10.7. The van der Waals surface area contributed by atoms with Gasteiger partial charge >= 0.3 is 0 Å². The lowest BCUT2D eigenvalue weighted by molar-refractivity contribution is -0.117. The Hall–Kier alpha value is -3.10. The fourth-order valence-electron chi connectivity index (χ4n) is 4.17. The molecule has 1 N–H and O–H groups in total. The van der Waals surface area contributed by atoms with Gasteiger partial charge in [-0.2, -0.15) is 0 Å². The Morgan fingerprint density at radius 3 is 2.55 bits per heavy atom. The molecule has 0 spiro atoms. The van der Waals surface area contributed by atoms with E-state index >= 15 is 0 Å². The van der Waals surface area contributed by atoms with Crippen molar-refractivity contribution in [1.29, 1.82) is 0 Å². The molecule has 0 radical (unpaired) electrons. The number of hydrogen-bond acceptors (Lipinski definition) is 6. The van der Waals surface area contributed by atoms with E-state index in [9.17, 15) is 4.79 Å². The summed E-state index contributed by atoms with van der Waals surface area (Å²) in [4.78, 5) is 21.9. The second-order valence-corrected chi connectivity index (χ2v) is 8.03. The Morgan fingerprint density at radius 1 is 1.00 bits per heavy atom. The Kier molecular flexibility index (Phi) is 5.48. The lowest BCUT2D eigenvalue weighted by Crippen LogP contribution is -2.48. The smallest absolute Gasteiger partial charge is 0.238 e. The van der Waals surface area contributed by atoms with E-state index in [2.05, 4.69) is 38.9 Å². The summed E-state index contributed by atoms with van der Waals surface area (Å²) in [6.45, 7) is 5.85. The zero-order valence-electron chi connectivity index (χ0n) is 17.7. The number of fused-ring (bicyclic) bond motifs is 2. The van der Waals surface area contributed by atoms with Crippen molar-refractivity contribution in [3.63, 3.8) is 0 Å². The summed E-state index contributed by atoms with van der Waals surface area (Å²) < 4.78 is 13.3. The minimum absolute atomic E-state index is 0.0134. The number of imidazole rings is 1. The quantitative estimate of drug-likeness (QED) is 0.680. The van der Waals surface area contributed by atoms with Gasteiger partial charge in [-0.05, 0) is 24.3 Å². The van der Waals surface area contributed by atoms with E-state index in [-0.39, 0.29) is 5.91 Å². The summed E-state index contributed by atoms with van der Waals surface area (Å²) in [5.74, 6) is 2.46. The van der Waals surface area contributed by atoms with E-state index < -0.39 is 0 Å². The van der Waals surface area contributed by atoms with Gasteiger partial charge in [0.05, 0.1) is 24.1 Å². The third-order valence-corrected chi connectivity index (χ3v) is 5.90. The van der Waals surface area contributed by atoms with Gasteiger partial charge in [0.1, 0.15) is 19.0 Å². The molecular formula is C23H27N5O3. The van der Waals surface area contributed by atoms with Gasteiger partial charge in [-0.25, -0.2) is 4.98 Å². The zero-order valence-corrected chi connectivity index (χ0v) is 17.7. The number of piperazine rings is 1. The minimum Gasteiger partial charge on any atom is -0.486 e. The number of amides is 1. The fourth-order valence-corrected chi connectivity index (χ4v) is 4.17. The van der Waals surface area contributed by atoms with E-state index in [1.165, 1.54) is 0 Å². The number of nitrogens with zero attached hydrogens (tertiary/aromatic N) is 4. The molecule has 8 nitrogen and oxygen atoms in total. The SMILES string of the molecule is Cn1c(CN2CCN(CC(=O)Nc3ccc4c(c3)OCCO4)CC2)nc2ccccc21. The van der Waals surface area contributed by atoms with E-state index in [1.807, 2.05) is 30.3 Å². The molecule has 162 valence electrons. The normalized spacial score (nSPS) is 17.1. The van der Waals surface area contributed by atoms with Crippen LogP contribution in [0.4, 0.5) is 5.69 Å². The largest absolute Gasteiger partial charge is 0.486 e. The van der Waals surface area contributed by atoms with E-state index in [0.29, 0.717) is 25.5 Å². The molecule has 3 aromatic rings. The molecular weight excluding hydrogens is 394 g/mol. The summed E-state index contributed by atoms with van der Waals surface area (Å²) in [6.07, 6.45) is 0. The van der Waals surface area contributed by atoms with Gasteiger partial charge in [0.25, 0.3) is 0 Å². The van der Waals surface area contributed by atoms with Gasteiger partial charge in [-0.1, -0.05) is 12.1 Å². The van der Waals surface area contributed by atoms with Crippen molar-refractivity contribution in [2.75, 3.05) is 51.3 Å². The Bertz CT molecular complexity index is 1090. The summed E-state index contributed by atoms with van der Waals surface area (Å²) in [5.41, 5.74) is 2.93. The summed E-state index contributed by atoms with van der Waals surface area (Å²) >= 11 is 0. The van der Waals surface area contributed by atoms with Gasteiger partial charge in [0.15, 0.2) is 11.5 Å². The molecule has 31 heavy (non-hydrogen) atoms. The van der Waals surface area contributed by atoms with Crippen LogP contribution in [-0.4, -0.2) is 71.2 Å². The summed E-state index contributed by atoms with van der Waals surface area (Å²) in [5, 5.41) is 2.97. The van der Waals surface area contributed by atoms with Crippen LogP contribution in [-0.2, 0) is 18.4 Å². The molecule has 2 aliphatic heterocycles. The predicted octanol–water partition coefficient (Wildman–Crippen LogP) is 2.10. The van der Waals surface area contributed by atoms with Crippen molar-refractivity contribution in [1.82, 2.24) is 19.4 Å². The first-order chi connectivity index (χ1) is 15.2. The van der Waals surface area contributed by atoms with Crippen molar-refractivity contribution in [3.8, 4) is 11.5 Å². The van der Waals surface area contributed by atoms with E-state index in [4.69, 9.17) is 14.5 Å². The standard InChI is InChI=1S/C23H27N5O3/c1-26-19-5-3-2-4-18(19)25-22(26)15-27-8-10-28(11-9-27)16-23(29)24-17-6-7-20-21(14-17)31-13-12-30-20/h2-7,14H,8-13,15-16H2,1H3,(H,24,29). The first-order valence-electron chi connectivity index (χ1n) is 10.7. The Morgan fingerprint density at radius 2 is 1.74 bits per heavy atom. The van der Waals surface area contributed by atoms with Gasteiger partial charge in [0, 0.05) is 45.0 Å². The average molecular weight is 422 g/mol. The third kappa shape index (κ3) is 4.35. The van der Waals surface area contributed by atoms with Crippen LogP contribution in [0.3, 0.4) is 0 Å². The summed E-state index contributed by atoms with van der Waals surface area (Å²) in [6, 6.07) is 13.7. The molecule has 2 aromatic carbocycles. The van der Waals surface area contributed by atoms with Gasteiger partial charge in [-0.3, -0.25) is 14.6 Å². The van der Waals surface area contributed by atoms with Crippen LogP contribution in [0.2, 0.25) is 0 Å². The molecule has 0 unspecified atom stereocenters. The van der Waals surface area contributed by atoms with Crippen LogP contribution in [0.25, 0.3) is 11.0 Å². The molecule has 0 atom stereocenters. The molecule has 3 heterocycles. The number of rotatable bonds is 5. The second kappa shape index (κ2) is 8.56. The number of nitrogens with one attached hydrogen (secondary N) is 1. The fraction of sp³-hybridized carbons (Fsp3) is 0.391. The first kappa shape index (κ1) is 19.8. The van der Waals surface area contributed by atoms with Crippen molar-refractivity contribution in [2.45, 2.75) is 6.54 Å². The second-order valence-electron chi connectivity index (χ2n) is 8.03. The van der Waals surface area contributed by atoms with Crippen LogP contribution >= 0.6 is 0 Å². The van der Waals surface area contributed by atoms with Crippen molar-refractivity contribution < 1.29 is 14.3 Å². The molecule has 5 rings (SSSR count). The Balaban J connectivity index is 1.12. The number of hydrogen-bond donors (Lipinski definition) is 1. The van der Waals surface area contributed by atoms with Crippen LogP contribution in [0, 0.1) is 0 Å². The highest BCUT2D eigenvalue weighted by atomic mass is 16.6. The van der Waals surface area contributed by atoms with Gasteiger partial charge in [-0.15, -0.1) is 0 Å². The molecule has 8 heteroatoms. The predicted molar refractivity (Wildman–Crippen MR) is 118 cm³/mol. The molecule has 1 saturated heterocycles. The maximum Gasteiger partial charge on any atom is 0.238 e. The number of anilines is 1. The minimum atomic E-state index is -0.0134. The van der Waals surface area contributed by atoms with Crippen LogP contribution in [0.5, 0.6) is 11.5 Å². The number of carbonyl (C=O) groups excluding carboxylic acids is 1. The average Bonchev–Trinajstić information content (AvgIpc) is 3.10. The molecule has 1 fully saturated rings. The molecule has 1 aromatic heterocycles. The highest BCUT2D eigenvalue weighted by Gasteiger charge is 2.21. The van der Waals surface area contributed by atoms with Crippen molar-refractivity contribution in [3.05, 3.63) is 48.3 Å². The molecule has 0 aliphatic carbocycles.